The largest absolute Gasteiger partial charge is 0.459 e. The third kappa shape index (κ3) is 3.08. The second-order valence-corrected chi connectivity index (χ2v) is 10.7. The Morgan fingerprint density at radius 3 is 2.58 bits per heavy atom. The summed E-state index contributed by atoms with van der Waals surface area (Å²) in [6.45, 7) is 7.09. The number of rotatable bonds is 3. The molecule has 3 heterocycles. The third-order valence-electron chi connectivity index (χ3n) is 5.85. The van der Waals surface area contributed by atoms with E-state index in [1.54, 1.807) is 28.8 Å². The maximum Gasteiger partial charge on any atom is 0.291 e. The Kier molecular flexibility index (Phi) is 4.52. The number of carbonyl (C=O) groups is 2. The Bertz CT molecular complexity index is 1160. The summed E-state index contributed by atoms with van der Waals surface area (Å²) < 4.78 is 5.13. The number of anilines is 1. The van der Waals surface area contributed by atoms with Crippen LogP contribution in [-0.4, -0.2) is 28.0 Å². The lowest BCUT2D eigenvalue weighted by Gasteiger charge is -2.32. The van der Waals surface area contributed by atoms with Crippen molar-refractivity contribution in [2.75, 3.05) is 11.4 Å². The molecule has 5 rings (SSSR count). The SMILES string of the molecule is Cc1ccc2c(c1)[C@]1(SC(C)(C)CN1C(=O)c1ccco1)C(=O)N2Cc1ccccc1. The molecular formula is C25H24N2O3S. The van der Waals surface area contributed by atoms with E-state index >= 15 is 0 Å². The molecule has 0 aliphatic carbocycles. The van der Waals surface area contributed by atoms with Crippen LogP contribution < -0.4 is 4.90 Å². The van der Waals surface area contributed by atoms with Gasteiger partial charge < -0.3 is 14.2 Å². The number of furan rings is 1. The zero-order valence-corrected chi connectivity index (χ0v) is 18.6. The second kappa shape index (κ2) is 7.02. The number of thioether (sulfide) groups is 1. The van der Waals surface area contributed by atoms with Gasteiger partial charge in [0.05, 0.1) is 18.5 Å². The number of nitrogens with zero attached hydrogens (tertiary/aromatic N) is 2. The Hall–Kier alpha value is -2.99. The maximum absolute atomic E-state index is 14.2. The number of carbonyl (C=O) groups excluding carboxylic acids is 2. The van der Waals surface area contributed by atoms with Crippen molar-refractivity contribution in [3.8, 4) is 0 Å². The van der Waals surface area contributed by atoms with Crippen LogP contribution in [0.3, 0.4) is 0 Å². The summed E-state index contributed by atoms with van der Waals surface area (Å²) in [6.07, 6.45) is 1.49. The van der Waals surface area contributed by atoms with Crippen molar-refractivity contribution < 1.29 is 14.0 Å². The highest BCUT2D eigenvalue weighted by Crippen LogP contribution is 2.60. The molecular weight excluding hydrogens is 408 g/mol. The molecule has 0 radical (unpaired) electrons. The summed E-state index contributed by atoms with van der Waals surface area (Å²) in [4.78, 5) is 30.1. The fourth-order valence-corrected chi connectivity index (χ4v) is 6.30. The molecule has 2 aliphatic heterocycles. The van der Waals surface area contributed by atoms with Gasteiger partial charge in [0.15, 0.2) is 10.6 Å². The fraction of sp³-hybridized carbons (Fsp3) is 0.280. The summed E-state index contributed by atoms with van der Waals surface area (Å²) in [5, 5.41) is 0. The molecule has 158 valence electrons. The van der Waals surface area contributed by atoms with Crippen LogP contribution in [0.5, 0.6) is 0 Å². The van der Waals surface area contributed by atoms with Gasteiger partial charge in [0.1, 0.15) is 0 Å². The predicted molar refractivity (Wildman–Crippen MR) is 122 cm³/mol. The van der Waals surface area contributed by atoms with Gasteiger partial charge in [-0.3, -0.25) is 9.59 Å². The van der Waals surface area contributed by atoms with Crippen LogP contribution in [0.2, 0.25) is 0 Å². The van der Waals surface area contributed by atoms with Crippen molar-refractivity contribution in [1.29, 1.82) is 0 Å². The molecule has 1 saturated heterocycles. The Balaban J connectivity index is 1.67. The molecule has 31 heavy (non-hydrogen) atoms. The zero-order valence-electron chi connectivity index (χ0n) is 17.8. The van der Waals surface area contributed by atoms with Gasteiger partial charge in [0, 0.05) is 16.9 Å². The van der Waals surface area contributed by atoms with Crippen molar-refractivity contribution >= 4 is 29.3 Å². The Labute approximate surface area is 186 Å². The standard InChI is InChI=1S/C25H24N2O3S/c1-17-11-12-20-19(14-17)25(23(29)26(20)15-18-8-5-4-6-9-18)27(16-24(2,3)31-25)22(28)21-10-7-13-30-21/h4-14H,15-16H2,1-3H3/t25-/m0/s1. The van der Waals surface area contributed by atoms with Crippen LogP contribution in [0.15, 0.2) is 71.3 Å². The van der Waals surface area contributed by atoms with E-state index in [4.69, 9.17) is 4.42 Å². The van der Waals surface area contributed by atoms with Gasteiger partial charge in [0.25, 0.3) is 11.8 Å². The molecule has 0 N–H and O–H groups in total. The van der Waals surface area contributed by atoms with Crippen molar-refractivity contribution in [2.24, 2.45) is 0 Å². The number of benzene rings is 2. The molecule has 2 aromatic carbocycles. The van der Waals surface area contributed by atoms with Crippen molar-refractivity contribution in [3.05, 3.63) is 89.4 Å². The minimum Gasteiger partial charge on any atom is -0.459 e. The van der Waals surface area contributed by atoms with E-state index in [1.165, 1.54) is 6.26 Å². The van der Waals surface area contributed by atoms with Crippen LogP contribution in [-0.2, 0) is 16.2 Å². The van der Waals surface area contributed by atoms with E-state index in [0.717, 1.165) is 22.4 Å². The molecule has 0 bridgehead atoms. The molecule has 1 aromatic heterocycles. The number of hydrogen-bond acceptors (Lipinski definition) is 4. The molecule has 5 nitrogen and oxygen atoms in total. The highest BCUT2D eigenvalue weighted by molar-refractivity contribution is 8.02. The van der Waals surface area contributed by atoms with Crippen LogP contribution in [0, 0.1) is 6.92 Å². The van der Waals surface area contributed by atoms with Crippen LogP contribution in [0.1, 0.15) is 41.1 Å². The highest BCUT2D eigenvalue weighted by Gasteiger charge is 2.64. The molecule has 2 amide bonds. The average Bonchev–Trinajstić information content (AvgIpc) is 3.43. The number of hydrogen-bond donors (Lipinski definition) is 0. The minimum absolute atomic E-state index is 0.0764. The first-order chi connectivity index (χ1) is 14.8. The molecule has 2 aliphatic rings. The van der Waals surface area contributed by atoms with Crippen LogP contribution >= 0.6 is 11.8 Å². The normalized spacial score (nSPS) is 21.7. The zero-order chi connectivity index (χ0) is 21.8. The molecule has 1 spiro atoms. The van der Waals surface area contributed by atoms with Gasteiger partial charge in [-0.15, -0.1) is 11.8 Å². The topological polar surface area (TPSA) is 53.8 Å². The van der Waals surface area contributed by atoms with Gasteiger partial charge in [0.2, 0.25) is 0 Å². The quantitative estimate of drug-likeness (QED) is 0.587. The van der Waals surface area contributed by atoms with E-state index in [1.807, 2.05) is 54.3 Å². The van der Waals surface area contributed by atoms with Crippen LogP contribution in [0.25, 0.3) is 0 Å². The second-order valence-electron chi connectivity index (χ2n) is 8.77. The first kappa shape index (κ1) is 19.9. The fourth-order valence-electron chi connectivity index (χ4n) is 4.57. The molecule has 1 fully saturated rings. The molecule has 1 atom stereocenters. The smallest absolute Gasteiger partial charge is 0.291 e. The highest BCUT2D eigenvalue weighted by atomic mass is 32.2. The first-order valence-electron chi connectivity index (χ1n) is 10.3. The maximum atomic E-state index is 14.2. The van der Waals surface area contributed by atoms with Gasteiger partial charge >= 0.3 is 0 Å². The number of aryl methyl sites for hydroxylation is 1. The van der Waals surface area contributed by atoms with Crippen molar-refractivity contribution in [1.82, 2.24) is 4.90 Å². The number of fused-ring (bicyclic) bond motifs is 2. The van der Waals surface area contributed by atoms with Crippen molar-refractivity contribution in [3.63, 3.8) is 0 Å². The molecule has 0 unspecified atom stereocenters. The van der Waals surface area contributed by atoms with E-state index in [-0.39, 0.29) is 22.3 Å². The summed E-state index contributed by atoms with van der Waals surface area (Å²) >= 11 is 1.56. The van der Waals surface area contributed by atoms with Gasteiger partial charge in [-0.05, 0) is 44.5 Å². The average molecular weight is 433 g/mol. The van der Waals surface area contributed by atoms with E-state index in [9.17, 15) is 9.59 Å². The lowest BCUT2D eigenvalue weighted by molar-refractivity contribution is -0.123. The van der Waals surface area contributed by atoms with Gasteiger partial charge in [-0.25, -0.2) is 0 Å². The lowest BCUT2D eigenvalue weighted by atomic mass is 10.0. The van der Waals surface area contributed by atoms with Gasteiger partial charge in [-0.1, -0.05) is 48.0 Å². The summed E-state index contributed by atoms with van der Waals surface area (Å²) in [7, 11) is 0. The Morgan fingerprint density at radius 2 is 1.87 bits per heavy atom. The van der Waals surface area contributed by atoms with Crippen LogP contribution in [0.4, 0.5) is 5.69 Å². The van der Waals surface area contributed by atoms with Crippen molar-refractivity contribution in [2.45, 2.75) is 36.9 Å². The van der Waals surface area contributed by atoms with E-state index < -0.39 is 4.87 Å². The Morgan fingerprint density at radius 1 is 1.10 bits per heavy atom. The number of amides is 2. The summed E-state index contributed by atoms with van der Waals surface area (Å²) in [5.74, 6) is -0.0842. The first-order valence-corrected chi connectivity index (χ1v) is 11.2. The van der Waals surface area contributed by atoms with E-state index in [2.05, 4.69) is 19.9 Å². The van der Waals surface area contributed by atoms with E-state index in [0.29, 0.717) is 13.1 Å². The summed E-state index contributed by atoms with van der Waals surface area (Å²) in [6, 6.07) is 19.4. The summed E-state index contributed by atoms with van der Waals surface area (Å²) in [5.41, 5.74) is 3.85. The molecule has 0 saturated carbocycles. The predicted octanol–water partition coefficient (Wildman–Crippen LogP) is 4.96. The molecule has 3 aromatic rings. The van der Waals surface area contributed by atoms with Gasteiger partial charge in [-0.2, -0.15) is 0 Å². The lowest BCUT2D eigenvalue weighted by Crippen LogP contribution is -2.50. The molecule has 6 heteroatoms. The third-order valence-corrected chi connectivity index (χ3v) is 7.44. The minimum atomic E-state index is -1.11. The monoisotopic (exact) mass is 432 g/mol.